The van der Waals surface area contributed by atoms with E-state index >= 15 is 0 Å². The first-order chi connectivity index (χ1) is 23.4. The maximum absolute atomic E-state index is 13.6. The van der Waals surface area contributed by atoms with Crippen LogP contribution in [0.4, 0.5) is 31.1 Å². The van der Waals surface area contributed by atoms with E-state index < -0.39 is 42.0 Å². The van der Waals surface area contributed by atoms with E-state index in [4.69, 9.17) is 19.8 Å². The summed E-state index contributed by atoms with van der Waals surface area (Å²) >= 11 is 0. The molecule has 1 aliphatic heterocycles. The number of aromatic nitrogens is 1. The first-order valence-corrected chi connectivity index (χ1v) is 15.1. The number of hydrogen-bond acceptors (Lipinski definition) is 6. The number of amides is 2. The molecule has 2 aromatic carbocycles. The van der Waals surface area contributed by atoms with Crippen LogP contribution in [0.1, 0.15) is 42.5 Å². The van der Waals surface area contributed by atoms with Gasteiger partial charge in [0.05, 0.1) is 0 Å². The molecule has 1 unspecified atom stereocenters. The molecule has 3 aromatic rings. The van der Waals surface area contributed by atoms with Crippen LogP contribution in [0.5, 0.6) is 0 Å². The minimum Gasteiger partial charge on any atom is -0.475 e. The third kappa shape index (κ3) is 10.4. The van der Waals surface area contributed by atoms with E-state index in [0.717, 1.165) is 53.9 Å². The minimum atomic E-state index is -5.08. The van der Waals surface area contributed by atoms with Gasteiger partial charge in [0, 0.05) is 36.3 Å². The standard InChI is InChI=1S/C29H32N4O3.2C2HF3O2/c1-20(27(34)32-29(13-16-30-17-14-29)18-21-8-6-7-15-31-21)33(28(35)36)19-26-24-11-4-2-9-22(24)23-10-3-5-12-25(23)26;2*3-2(4,5)1(6)7/h2-12,15,20,26,30H,13-14,16-19H2,1H3,(H,32,34)(H,35,36);2*(H,6,7). The number of hydrogen-bond donors (Lipinski definition) is 5. The van der Waals surface area contributed by atoms with Gasteiger partial charge in [-0.1, -0.05) is 54.6 Å². The number of alkyl halides is 6. The Bertz CT molecular complexity index is 1580. The van der Waals surface area contributed by atoms with Crippen molar-refractivity contribution in [1.29, 1.82) is 0 Å². The van der Waals surface area contributed by atoms with Crippen LogP contribution >= 0.6 is 0 Å². The molecule has 0 spiro atoms. The Morgan fingerprint density at radius 2 is 1.30 bits per heavy atom. The molecule has 2 amide bonds. The van der Waals surface area contributed by atoms with E-state index in [1.807, 2.05) is 42.5 Å². The Labute approximate surface area is 281 Å². The lowest BCUT2D eigenvalue weighted by Gasteiger charge is -2.40. The second-order valence-corrected chi connectivity index (χ2v) is 11.5. The van der Waals surface area contributed by atoms with Gasteiger partial charge in [-0.3, -0.25) is 14.7 Å². The predicted octanol–water partition coefficient (Wildman–Crippen LogP) is 5.31. The molecule has 2 heterocycles. The summed E-state index contributed by atoms with van der Waals surface area (Å²) in [5.74, 6) is -5.90. The van der Waals surface area contributed by atoms with Gasteiger partial charge in [0.1, 0.15) is 6.04 Å². The van der Waals surface area contributed by atoms with Crippen LogP contribution in [-0.2, 0) is 20.8 Å². The Morgan fingerprint density at radius 1 is 0.840 bits per heavy atom. The summed E-state index contributed by atoms with van der Waals surface area (Å²) in [5.41, 5.74) is 4.92. The Kier molecular flexibility index (Phi) is 12.9. The molecule has 1 saturated heterocycles. The van der Waals surface area contributed by atoms with Gasteiger partial charge in [-0.25, -0.2) is 14.4 Å². The maximum Gasteiger partial charge on any atom is 0.490 e. The Hall–Kier alpha value is -5.19. The smallest absolute Gasteiger partial charge is 0.475 e. The van der Waals surface area contributed by atoms with Crippen LogP contribution in [0, 0.1) is 0 Å². The van der Waals surface area contributed by atoms with Crippen LogP contribution in [-0.4, -0.2) is 92.7 Å². The van der Waals surface area contributed by atoms with Crippen molar-refractivity contribution < 1.29 is 60.8 Å². The number of pyridine rings is 1. The number of carboxylic acids is 2. The lowest BCUT2D eigenvalue weighted by Crippen LogP contribution is -2.60. The number of nitrogens with zero attached hydrogens (tertiary/aromatic N) is 2. The highest BCUT2D eigenvalue weighted by Crippen LogP contribution is 2.45. The van der Waals surface area contributed by atoms with Gasteiger partial charge in [-0.15, -0.1) is 0 Å². The molecule has 1 aliphatic carbocycles. The van der Waals surface area contributed by atoms with Crippen LogP contribution in [0.3, 0.4) is 0 Å². The fourth-order valence-corrected chi connectivity index (χ4v) is 5.66. The molecule has 5 rings (SSSR count). The van der Waals surface area contributed by atoms with Gasteiger partial charge in [0.15, 0.2) is 0 Å². The first-order valence-electron chi connectivity index (χ1n) is 15.1. The molecule has 270 valence electrons. The van der Waals surface area contributed by atoms with Crippen LogP contribution in [0.25, 0.3) is 11.1 Å². The van der Waals surface area contributed by atoms with Gasteiger partial charge < -0.3 is 26.0 Å². The highest BCUT2D eigenvalue weighted by molar-refractivity contribution is 5.86. The van der Waals surface area contributed by atoms with Gasteiger partial charge in [0.25, 0.3) is 0 Å². The van der Waals surface area contributed by atoms with Gasteiger partial charge in [-0.05, 0) is 67.2 Å². The number of halogens is 6. The highest BCUT2D eigenvalue weighted by Gasteiger charge is 2.40. The number of aliphatic carboxylic acids is 2. The summed E-state index contributed by atoms with van der Waals surface area (Å²) in [6.45, 7) is 3.48. The third-order valence-electron chi connectivity index (χ3n) is 8.11. The number of fused-ring (bicyclic) bond motifs is 3. The molecule has 0 bridgehead atoms. The van der Waals surface area contributed by atoms with Crippen molar-refractivity contribution in [2.75, 3.05) is 19.6 Å². The van der Waals surface area contributed by atoms with E-state index in [-0.39, 0.29) is 18.4 Å². The lowest BCUT2D eigenvalue weighted by atomic mass is 9.83. The van der Waals surface area contributed by atoms with Gasteiger partial charge in [0.2, 0.25) is 5.91 Å². The summed E-state index contributed by atoms with van der Waals surface area (Å²) < 4.78 is 63.5. The molecule has 5 N–H and O–H groups in total. The normalized spacial score (nSPS) is 15.4. The topological polar surface area (TPSA) is 169 Å². The van der Waals surface area contributed by atoms with E-state index in [0.29, 0.717) is 6.42 Å². The van der Waals surface area contributed by atoms with Crippen LogP contribution in [0.2, 0.25) is 0 Å². The Morgan fingerprint density at radius 3 is 1.72 bits per heavy atom. The third-order valence-corrected chi connectivity index (χ3v) is 8.11. The average Bonchev–Trinajstić information content (AvgIpc) is 3.37. The molecule has 50 heavy (non-hydrogen) atoms. The number of carbonyl (C=O) groups is 4. The van der Waals surface area contributed by atoms with E-state index in [1.165, 1.54) is 4.90 Å². The highest BCUT2D eigenvalue weighted by atomic mass is 19.4. The van der Waals surface area contributed by atoms with Crippen molar-refractivity contribution in [3.63, 3.8) is 0 Å². The molecule has 1 atom stereocenters. The second-order valence-electron chi connectivity index (χ2n) is 11.5. The number of carbonyl (C=O) groups excluding carboxylic acids is 1. The van der Waals surface area contributed by atoms with Crippen molar-refractivity contribution in [2.24, 2.45) is 0 Å². The molecule has 2 aliphatic rings. The number of piperidine rings is 1. The molecule has 1 aromatic heterocycles. The van der Waals surface area contributed by atoms with Crippen molar-refractivity contribution in [2.45, 2.75) is 56.0 Å². The molecule has 1 fully saturated rings. The van der Waals surface area contributed by atoms with E-state index in [9.17, 15) is 41.0 Å². The summed E-state index contributed by atoms with van der Waals surface area (Å²) in [6.07, 6.45) is -7.36. The van der Waals surface area contributed by atoms with E-state index in [2.05, 4.69) is 39.9 Å². The minimum absolute atomic E-state index is 0.120. The zero-order valence-electron chi connectivity index (χ0n) is 26.5. The first kappa shape index (κ1) is 39.3. The number of carboxylic acid groups (broad SMARTS) is 3. The number of benzene rings is 2. The lowest BCUT2D eigenvalue weighted by molar-refractivity contribution is -0.193. The summed E-state index contributed by atoms with van der Waals surface area (Å²) in [7, 11) is 0. The Balaban J connectivity index is 0.000000408. The summed E-state index contributed by atoms with van der Waals surface area (Å²) in [6, 6.07) is 21.2. The van der Waals surface area contributed by atoms with E-state index in [1.54, 1.807) is 13.1 Å². The second kappa shape index (κ2) is 16.5. The van der Waals surface area contributed by atoms with Crippen molar-refractivity contribution >= 4 is 23.9 Å². The summed E-state index contributed by atoms with van der Waals surface area (Å²) in [5, 5.41) is 31.0. The van der Waals surface area contributed by atoms with Gasteiger partial charge >= 0.3 is 30.4 Å². The van der Waals surface area contributed by atoms with Crippen LogP contribution in [0.15, 0.2) is 72.9 Å². The van der Waals surface area contributed by atoms with Crippen molar-refractivity contribution in [3.05, 3.63) is 89.7 Å². The van der Waals surface area contributed by atoms with Crippen LogP contribution < -0.4 is 10.6 Å². The quantitative estimate of drug-likeness (QED) is 0.204. The monoisotopic (exact) mass is 712 g/mol. The van der Waals surface area contributed by atoms with Crippen molar-refractivity contribution in [3.8, 4) is 11.1 Å². The SMILES string of the molecule is CC(C(=O)NC1(Cc2ccccn2)CCNCC1)N(CC1c2ccccc2-c2ccccc21)C(=O)O.O=C(O)C(F)(F)F.O=C(O)C(F)(F)F. The number of rotatable bonds is 7. The maximum atomic E-state index is 13.6. The number of nitrogens with one attached hydrogen (secondary N) is 2. The molecule has 17 heteroatoms. The predicted molar refractivity (Wildman–Crippen MR) is 166 cm³/mol. The van der Waals surface area contributed by atoms with Gasteiger partial charge in [-0.2, -0.15) is 26.3 Å². The molecular formula is C33H34F6N4O7. The molecular weight excluding hydrogens is 678 g/mol. The molecule has 0 radical (unpaired) electrons. The zero-order valence-corrected chi connectivity index (χ0v) is 26.5. The largest absolute Gasteiger partial charge is 0.490 e. The molecule has 0 saturated carbocycles. The summed E-state index contributed by atoms with van der Waals surface area (Å²) in [4.78, 5) is 49.6. The van der Waals surface area contributed by atoms with Crippen molar-refractivity contribution in [1.82, 2.24) is 20.5 Å². The molecule has 11 nitrogen and oxygen atoms in total. The zero-order chi connectivity index (χ0) is 37.3. The fourth-order valence-electron chi connectivity index (χ4n) is 5.66. The average molecular weight is 713 g/mol. The fraction of sp³-hybridized carbons (Fsp3) is 0.364.